The van der Waals surface area contributed by atoms with Crippen LogP contribution in [-0.4, -0.2) is 105 Å². The number of cyclic esters (lactones) is 1. The van der Waals surface area contributed by atoms with E-state index in [4.69, 9.17) is 23.7 Å². The van der Waals surface area contributed by atoms with Gasteiger partial charge in [-0.3, -0.25) is 0 Å². The number of hydrogen-bond donors (Lipinski definition) is 5. The zero-order chi connectivity index (χ0) is 32.8. The van der Waals surface area contributed by atoms with Crippen molar-refractivity contribution in [1.82, 2.24) is 0 Å². The molecule has 0 aromatic rings. The fourth-order valence-electron chi connectivity index (χ4n) is 11.3. The molecule has 6 fully saturated rings. The lowest BCUT2D eigenvalue weighted by Gasteiger charge is -2.65. The third kappa shape index (κ3) is 5.22. The maximum atomic E-state index is 12.5. The van der Waals surface area contributed by atoms with Crippen LogP contribution in [-0.2, 0) is 28.5 Å². The van der Waals surface area contributed by atoms with Crippen LogP contribution in [0.2, 0.25) is 0 Å². The molecule has 4 saturated carbocycles. The van der Waals surface area contributed by atoms with Gasteiger partial charge in [0.05, 0.1) is 42.2 Å². The molecule has 5 N–H and O–H groups in total. The predicted octanol–water partition coefficient (Wildman–Crippen LogP) is 2.34. The summed E-state index contributed by atoms with van der Waals surface area (Å²) in [5.74, 6) is 0.294. The van der Waals surface area contributed by atoms with Crippen LogP contribution in [0.15, 0.2) is 11.6 Å². The first-order chi connectivity index (χ1) is 21.7. The third-order valence-corrected chi connectivity index (χ3v) is 14.0. The Hall–Kier alpha value is -1.15. The number of carbonyl (C=O) groups excluding carboxylic acids is 1. The van der Waals surface area contributed by atoms with Crippen molar-refractivity contribution in [2.24, 2.45) is 34.5 Å². The summed E-state index contributed by atoms with van der Waals surface area (Å²) in [5.41, 5.74) is -0.819. The SMILES string of the molecule is C[C@H]1O[C@@H](O[C@H]2[C@@H](O)C[C@H](O[C@H]3CC[C@@]4(C)[C@H](CC[C@H]5[C@H]4C[C@@H](O)[C@]4(C)[C@@H](C6=CC(=O)OC6)CC[C@]54O)C3)O[C@@H]2C)C[C@H](O)[C@@H]1O. The van der Waals surface area contributed by atoms with Crippen molar-refractivity contribution >= 4 is 5.97 Å². The van der Waals surface area contributed by atoms with E-state index in [0.717, 1.165) is 44.1 Å². The zero-order valence-corrected chi connectivity index (χ0v) is 27.6. The molecular weight excluding hydrogens is 596 g/mol. The molecule has 17 atom stereocenters. The number of rotatable bonds is 5. The van der Waals surface area contributed by atoms with E-state index in [0.29, 0.717) is 18.8 Å². The van der Waals surface area contributed by atoms with Gasteiger partial charge in [0.2, 0.25) is 0 Å². The molecule has 0 amide bonds. The predicted molar refractivity (Wildman–Crippen MR) is 163 cm³/mol. The summed E-state index contributed by atoms with van der Waals surface area (Å²) in [6.07, 6.45) is 2.09. The second-order valence-electron chi connectivity index (χ2n) is 16.1. The van der Waals surface area contributed by atoms with Crippen LogP contribution < -0.4 is 0 Å². The minimum atomic E-state index is -0.993. The fraction of sp³-hybridized carbons (Fsp3) is 0.914. The Kier molecular flexibility index (Phi) is 8.71. The van der Waals surface area contributed by atoms with Gasteiger partial charge in [0, 0.05) is 24.3 Å². The molecule has 3 heterocycles. The van der Waals surface area contributed by atoms with E-state index in [-0.39, 0.29) is 54.7 Å². The number of hydrogen-bond acceptors (Lipinski definition) is 11. The fourth-order valence-corrected chi connectivity index (χ4v) is 11.3. The van der Waals surface area contributed by atoms with Crippen LogP contribution in [0, 0.1) is 34.5 Å². The number of fused-ring (bicyclic) bond motifs is 5. The van der Waals surface area contributed by atoms with Crippen molar-refractivity contribution in [3.8, 4) is 0 Å². The molecule has 7 aliphatic rings. The van der Waals surface area contributed by atoms with Gasteiger partial charge in [-0.15, -0.1) is 0 Å². The first kappa shape index (κ1) is 33.4. The highest BCUT2D eigenvalue weighted by atomic mass is 16.7. The standard InChI is InChI=1S/C35H54O11/c1-17-31(40)25(36)14-30(43-17)46-32-18(2)44-29(15-26(32)37)45-21-7-9-33(3)20(12-21)5-6-23-24(33)13-27(38)34(4)22(8-10-35(23,34)41)19-11-28(39)42-16-19/h11,17-18,20-27,29-32,36-38,40-41H,5-10,12-16H2,1-4H3/t17-,18-,20-,21+,22-,23+,24-,25+,26+,27-,29+,30+,31-,32-,33+,34+,35+/m1/s1. The average Bonchev–Trinajstić information content (AvgIpc) is 3.55. The summed E-state index contributed by atoms with van der Waals surface area (Å²) in [5, 5.41) is 55.4. The minimum absolute atomic E-state index is 0.0137. The number of esters is 1. The molecule has 0 radical (unpaired) electrons. The summed E-state index contributed by atoms with van der Waals surface area (Å²) in [6.45, 7) is 8.18. The summed E-state index contributed by atoms with van der Waals surface area (Å²) in [7, 11) is 0. The number of carbonyl (C=O) groups is 1. The van der Waals surface area contributed by atoms with Gasteiger partial charge in [0.25, 0.3) is 0 Å². The van der Waals surface area contributed by atoms with Gasteiger partial charge in [0.1, 0.15) is 18.8 Å². The lowest BCUT2D eigenvalue weighted by atomic mass is 9.42. The van der Waals surface area contributed by atoms with Crippen LogP contribution in [0.5, 0.6) is 0 Å². The second kappa shape index (κ2) is 12.0. The molecule has 0 unspecified atom stereocenters. The normalized spacial score (nSPS) is 55.6. The Labute approximate surface area is 271 Å². The molecule has 0 bridgehead atoms. The number of ether oxygens (including phenoxy) is 5. The number of aliphatic hydroxyl groups is 5. The van der Waals surface area contributed by atoms with Gasteiger partial charge in [-0.05, 0) is 99.9 Å². The van der Waals surface area contributed by atoms with Gasteiger partial charge < -0.3 is 49.2 Å². The lowest BCUT2D eigenvalue weighted by Crippen LogP contribution is -2.67. The Morgan fingerprint density at radius 1 is 0.826 bits per heavy atom. The van der Waals surface area contributed by atoms with Crippen molar-refractivity contribution < 1.29 is 54.0 Å². The Morgan fingerprint density at radius 3 is 2.24 bits per heavy atom. The summed E-state index contributed by atoms with van der Waals surface area (Å²) >= 11 is 0. The lowest BCUT2D eigenvalue weighted by molar-refractivity contribution is -0.318. The highest BCUT2D eigenvalue weighted by Gasteiger charge is 2.70. The van der Waals surface area contributed by atoms with Crippen LogP contribution in [0.4, 0.5) is 0 Å². The van der Waals surface area contributed by atoms with E-state index in [1.807, 2.05) is 13.8 Å². The van der Waals surface area contributed by atoms with Crippen molar-refractivity contribution in [1.29, 1.82) is 0 Å². The molecule has 11 nitrogen and oxygen atoms in total. The van der Waals surface area contributed by atoms with Crippen LogP contribution in [0.3, 0.4) is 0 Å². The van der Waals surface area contributed by atoms with Crippen LogP contribution in [0.1, 0.15) is 91.9 Å². The van der Waals surface area contributed by atoms with Gasteiger partial charge in [-0.2, -0.15) is 0 Å². The topological polar surface area (TPSA) is 164 Å². The molecule has 0 aromatic heterocycles. The van der Waals surface area contributed by atoms with E-state index in [9.17, 15) is 30.3 Å². The quantitative estimate of drug-likeness (QED) is 0.219. The van der Waals surface area contributed by atoms with Gasteiger partial charge >= 0.3 is 5.97 Å². The molecule has 0 aromatic carbocycles. The summed E-state index contributed by atoms with van der Waals surface area (Å²) in [4.78, 5) is 11.9. The summed E-state index contributed by atoms with van der Waals surface area (Å²) < 4.78 is 29.7. The van der Waals surface area contributed by atoms with Crippen molar-refractivity contribution in [3.63, 3.8) is 0 Å². The Balaban J connectivity index is 0.976. The first-order valence-corrected chi connectivity index (χ1v) is 17.7. The Morgan fingerprint density at radius 2 is 1.54 bits per heavy atom. The zero-order valence-electron chi connectivity index (χ0n) is 27.6. The molecule has 0 spiro atoms. The monoisotopic (exact) mass is 650 g/mol. The van der Waals surface area contributed by atoms with E-state index >= 15 is 0 Å². The van der Waals surface area contributed by atoms with E-state index in [1.165, 1.54) is 0 Å². The van der Waals surface area contributed by atoms with Gasteiger partial charge in [0.15, 0.2) is 12.6 Å². The Bertz CT molecular complexity index is 1170. The molecule has 3 aliphatic heterocycles. The van der Waals surface area contributed by atoms with Crippen molar-refractivity contribution in [2.75, 3.05) is 6.61 Å². The molecule has 2 saturated heterocycles. The second-order valence-corrected chi connectivity index (χ2v) is 16.1. The molecule has 4 aliphatic carbocycles. The maximum Gasteiger partial charge on any atom is 0.331 e. The van der Waals surface area contributed by atoms with Crippen LogP contribution in [0.25, 0.3) is 0 Å². The smallest absolute Gasteiger partial charge is 0.331 e. The summed E-state index contributed by atoms with van der Waals surface area (Å²) in [6, 6.07) is 0. The van der Waals surface area contributed by atoms with Gasteiger partial charge in [-0.25, -0.2) is 4.79 Å². The maximum absolute atomic E-state index is 12.5. The van der Waals surface area contributed by atoms with Gasteiger partial charge in [-0.1, -0.05) is 13.8 Å². The highest BCUT2D eigenvalue weighted by Crippen LogP contribution is 2.70. The van der Waals surface area contributed by atoms with Crippen molar-refractivity contribution in [2.45, 2.75) is 159 Å². The average molecular weight is 651 g/mol. The van der Waals surface area contributed by atoms with Crippen molar-refractivity contribution in [3.05, 3.63) is 11.6 Å². The first-order valence-electron chi connectivity index (χ1n) is 17.7. The molecule has 11 heteroatoms. The molecular formula is C35H54O11. The van der Waals surface area contributed by atoms with E-state index < -0.39 is 66.3 Å². The minimum Gasteiger partial charge on any atom is -0.458 e. The number of aliphatic hydroxyl groups excluding tert-OH is 4. The van der Waals surface area contributed by atoms with Crippen LogP contribution >= 0.6 is 0 Å². The third-order valence-electron chi connectivity index (χ3n) is 14.0. The van der Waals surface area contributed by atoms with E-state index in [1.54, 1.807) is 13.0 Å². The molecule has 7 rings (SSSR count). The van der Waals surface area contributed by atoms with E-state index in [2.05, 4.69) is 6.92 Å². The molecule has 260 valence electrons. The highest BCUT2D eigenvalue weighted by molar-refractivity contribution is 5.85. The molecule has 46 heavy (non-hydrogen) atoms. The largest absolute Gasteiger partial charge is 0.458 e.